The Morgan fingerprint density at radius 3 is 2.61 bits per heavy atom. The van der Waals surface area contributed by atoms with Gasteiger partial charge < -0.3 is 5.32 Å². The highest BCUT2D eigenvalue weighted by Crippen LogP contribution is 2.05. The molecule has 0 saturated heterocycles. The van der Waals surface area contributed by atoms with E-state index in [4.69, 9.17) is 0 Å². The molecule has 4 heteroatoms. The zero-order chi connectivity index (χ0) is 13.1. The summed E-state index contributed by atoms with van der Waals surface area (Å²) in [6.45, 7) is 7.25. The van der Waals surface area contributed by atoms with E-state index in [0.717, 1.165) is 31.9 Å². The first kappa shape index (κ1) is 15.2. The third kappa shape index (κ3) is 6.74. The average Bonchev–Trinajstić information content (AvgIpc) is 2.82. The zero-order valence-electron chi connectivity index (χ0n) is 12.0. The number of nitrogens with zero attached hydrogens (tertiary/aromatic N) is 3. The van der Waals surface area contributed by atoms with E-state index in [-0.39, 0.29) is 0 Å². The van der Waals surface area contributed by atoms with Gasteiger partial charge in [0.2, 0.25) is 0 Å². The Hall–Kier alpha value is -0.900. The Morgan fingerprint density at radius 1 is 1.06 bits per heavy atom. The highest BCUT2D eigenvalue weighted by molar-refractivity contribution is 4.80. The largest absolute Gasteiger partial charge is 0.310 e. The zero-order valence-corrected chi connectivity index (χ0v) is 12.0. The summed E-state index contributed by atoms with van der Waals surface area (Å²) < 4.78 is 1.97. The predicted molar refractivity (Wildman–Crippen MR) is 75.4 cm³/mol. The van der Waals surface area contributed by atoms with Gasteiger partial charge in [0, 0.05) is 6.54 Å². The highest BCUT2D eigenvalue weighted by atomic mass is 15.3. The fourth-order valence-corrected chi connectivity index (χ4v) is 1.95. The molecule has 1 aromatic heterocycles. The number of nitrogens with one attached hydrogen (secondary N) is 1. The van der Waals surface area contributed by atoms with E-state index in [1.165, 1.54) is 38.5 Å². The predicted octanol–water partition coefficient (Wildman–Crippen LogP) is 3.14. The molecule has 0 aliphatic heterocycles. The minimum absolute atomic E-state index is 0.789. The molecule has 18 heavy (non-hydrogen) atoms. The minimum atomic E-state index is 0.789. The maximum absolute atomic E-state index is 4.46. The van der Waals surface area contributed by atoms with Gasteiger partial charge in [-0.25, -0.2) is 4.98 Å². The standard InChI is InChI=1S/C14H28N4/c1-3-5-6-7-8-9-11-18-13-16-14(17-18)12-15-10-4-2/h13,15H,3-12H2,1-2H3. The molecule has 0 aliphatic carbocycles. The summed E-state index contributed by atoms with van der Waals surface area (Å²) in [7, 11) is 0. The number of hydrogen-bond donors (Lipinski definition) is 1. The third-order valence-corrected chi connectivity index (χ3v) is 3.03. The Bertz CT molecular complexity index is 296. The van der Waals surface area contributed by atoms with E-state index in [0.29, 0.717) is 0 Å². The summed E-state index contributed by atoms with van der Waals surface area (Å²) in [4.78, 5) is 4.31. The van der Waals surface area contributed by atoms with Crippen molar-refractivity contribution in [3.63, 3.8) is 0 Å². The van der Waals surface area contributed by atoms with Gasteiger partial charge in [0.1, 0.15) is 6.33 Å². The van der Waals surface area contributed by atoms with Crippen LogP contribution in [0.5, 0.6) is 0 Å². The van der Waals surface area contributed by atoms with Gasteiger partial charge in [-0.05, 0) is 19.4 Å². The van der Waals surface area contributed by atoms with Crippen LogP contribution < -0.4 is 5.32 Å². The van der Waals surface area contributed by atoms with Crippen molar-refractivity contribution in [2.45, 2.75) is 71.9 Å². The van der Waals surface area contributed by atoms with Crippen LogP contribution in [0.2, 0.25) is 0 Å². The SMILES string of the molecule is CCCCCCCCn1cnc(CNCCC)n1. The number of unbranched alkanes of at least 4 members (excludes halogenated alkanes) is 5. The summed E-state index contributed by atoms with van der Waals surface area (Å²) in [6.07, 6.45) is 11.0. The molecule has 1 aromatic rings. The van der Waals surface area contributed by atoms with Gasteiger partial charge in [-0.15, -0.1) is 0 Å². The van der Waals surface area contributed by atoms with E-state index in [1.807, 2.05) is 11.0 Å². The quantitative estimate of drug-likeness (QED) is 0.615. The van der Waals surface area contributed by atoms with Gasteiger partial charge >= 0.3 is 0 Å². The number of aryl methyl sites for hydroxylation is 1. The Kier molecular flexibility index (Phi) is 8.47. The molecule has 0 fully saturated rings. The molecule has 0 unspecified atom stereocenters. The van der Waals surface area contributed by atoms with Crippen molar-refractivity contribution in [1.82, 2.24) is 20.1 Å². The molecule has 0 spiro atoms. The second-order valence-corrected chi connectivity index (χ2v) is 4.87. The van der Waals surface area contributed by atoms with Crippen molar-refractivity contribution in [2.24, 2.45) is 0 Å². The summed E-state index contributed by atoms with van der Waals surface area (Å²) in [5.41, 5.74) is 0. The van der Waals surface area contributed by atoms with Crippen molar-refractivity contribution >= 4 is 0 Å². The van der Waals surface area contributed by atoms with Crippen LogP contribution >= 0.6 is 0 Å². The van der Waals surface area contributed by atoms with Gasteiger partial charge in [-0.2, -0.15) is 5.10 Å². The minimum Gasteiger partial charge on any atom is -0.310 e. The second kappa shape index (κ2) is 10.1. The first-order valence-electron chi connectivity index (χ1n) is 7.45. The smallest absolute Gasteiger partial charge is 0.164 e. The molecule has 0 bridgehead atoms. The van der Waals surface area contributed by atoms with E-state index < -0.39 is 0 Å². The molecular weight excluding hydrogens is 224 g/mol. The van der Waals surface area contributed by atoms with Gasteiger partial charge in [0.25, 0.3) is 0 Å². The monoisotopic (exact) mass is 252 g/mol. The third-order valence-electron chi connectivity index (χ3n) is 3.03. The lowest BCUT2D eigenvalue weighted by atomic mass is 10.1. The summed E-state index contributed by atoms with van der Waals surface area (Å²) in [6, 6.07) is 0. The summed E-state index contributed by atoms with van der Waals surface area (Å²) in [5.74, 6) is 0.912. The van der Waals surface area contributed by atoms with Crippen LogP contribution in [0, 0.1) is 0 Å². The lowest BCUT2D eigenvalue weighted by Crippen LogP contribution is -2.15. The number of aromatic nitrogens is 3. The van der Waals surface area contributed by atoms with Crippen LogP contribution in [-0.2, 0) is 13.1 Å². The fraction of sp³-hybridized carbons (Fsp3) is 0.857. The molecule has 0 radical (unpaired) electrons. The van der Waals surface area contributed by atoms with Gasteiger partial charge in [-0.3, -0.25) is 4.68 Å². The topological polar surface area (TPSA) is 42.7 Å². The van der Waals surface area contributed by atoms with Crippen LogP contribution in [-0.4, -0.2) is 21.3 Å². The molecule has 0 saturated carbocycles. The van der Waals surface area contributed by atoms with Crippen molar-refractivity contribution in [1.29, 1.82) is 0 Å². The average molecular weight is 252 g/mol. The Morgan fingerprint density at radius 2 is 1.83 bits per heavy atom. The fourth-order valence-electron chi connectivity index (χ4n) is 1.95. The molecule has 0 aromatic carbocycles. The molecule has 1 heterocycles. The van der Waals surface area contributed by atoms with E-state index in [1.54, 1.807) is 0 Å². The van der Waals surface area contributed by atoms with Crippen molar-refractivity contribution in [3.05, 3.63) is 12.2 Å². The van der Waals surface area contributed by atoms with E-state index in [9.17, 15) is 0 Å². The summed E-state index contributed by atoms with van der Waals surface area (Å²) in [5, 5.41) is 7.78. The van der Waals surface area contributed by atoms with Crippen molar-refractivity contribution < 1.29 is 0 Å². The van der Waals surface area contributed by atoms with Crippen LogP contribution in [0.15, 0.2) is 6.33 Å². The van der Waals surface area contributed by atoms with Crippen LogP contribution in [0.4, 0.5) is 0 Å². The van der Waals surface area contributed by atoms with E-state index in [2.05, 4.69) is 29.2 Å². The molecule has 1 rings (SSSR count). The molecule has 1 N–H and O–H groups in total. The molecule has 4 nitrogen and oxygen atoms in total. The maximum Gasteiger partial charge on any atom is 0.164 e. The lowest BCUT2D eigenvalue weighted by molar-refractivity contribution is 0.521. The van der Waals surface area contributed by atoms with Crippen molar-refractivity contribution in [3.8, 4) is 0 Å². The molecule has 0 aliphatic rings. The second-order valence-electron chi connectivity index (χ2n) is 4.87. The maximum atomic E-state index is 4.46. The molecule has 0 amide bonds. The first-order chi connectivity index (χ1) is 8.86. The molecule has 104 valence electrons. The van der Waals surface area contributed by atoms with Crippen molar-refractivity contribution in [2.75, 3.05) is 6.54 Å². The van der Waals surface area contributed by atoms with E-state index >= 15 is 0 Å². The normalized spacial score (nSPS) is 11.0. The Balaban J connectivity index is 2.07. The molecule has 0 atom stereocenters. The van der Waals surface area contributed by atoms with Crippen LogP contribution in [0.1, 0.15) is 64.6 Å². The van der Waals surface area contributed by atoms with Crippen LogP contribution in [0.3, 0.4) is 0 Å². The Labute approximate surface area is 111 Å². The lowest BCUT2D eigenvalue weighted by Gasteiger charge is -2.01. The highest BCUT2D eigenvalue weighted by Gasteiger charge is 1.99. The first-order valence-corrected chi connectivity index (χ1v) is 7.45. The number of rotatable bonds is 11. The van der Waals surface area contributed by atoms with Gasteiger partial charge in [-0.1, -0.05) is 46.0 Å². The summed E-state index contributed by atoms with van der Waals surface area (Å²) >= 11 is 0. The van der Waals surface area contributed by atoms with Crippen LogP contribution in [0.25, 0.3) is 0 Å². The van der Waals surface area contributed by atoms with Gasteiger partial charge in [0.05, 0.1) is 6.54 Å². The molecular formula is C14H28N4. The van der Waals surface area contributed by atoms with Gasteiger partial charge in [0.15, 0.2) is 5.82 Å². The number of hydrogen-bond acceptors (Lipinski definition) is 3.